The molecule has 0 aliphatic heterocycles. The van der Waals surface area contributed by atoms with Crippen LogP contribution in [0.1, 0.15) is 33.3 Å². The summed E-state index contributed by atoms with van der Waals surface area (Å²) in [5.41, 5.74) is 1.67. The number of halogens is 2. The number of ether oxygens (including phenoxy) is 3. The lowest BCUT2D eigenvalue weighted by molar-refractivity contribution is -0.135. The fourth-order valence-corrected chi connectivity index (χ4v) is 2.38. The lowest BCUT2D eigenvalue weighted by Crippen LogP contribution is -2.23. The molecule has 0 bridgehead atoms. The van der Waals surface area contributed by atoms with Gasteiger partial charge in [0, 0.05) is 24.4 Å². The molecule has 21 heavy (non-hydrogen) atoms. The third kappa shape index (κ3) is 4.89. The third-order valence-corrected chi connectivity index (χ3v) is 3.69. The van der Waals surface area contributed by atoms with Gasteiger partial charge < -0.3 is 14.2 Å². The molecule has 1 rings (SSSR count). The first kappa shape index (κ1) is 18.3. The van der Waals surface area contributed by atoms with Gasteiger partial charge in [0.2, 0.25) is 6.29 Å². The number of rotatable bonds is 8. The monoisotopic (exact) mass is 332 g/mol. The quantitative estimate of drug-likeness (QED) is 0.486. The van der Waals surface area contributed by atoms with E-state index in [1.807, 2.05) is 39.8 Å². The van der Waals surface area contributed by atoms with Crippen molar-refractivity contribution in [2.24, 2.45) is 0 Å². The van der Waals surface area contributed by atoms with Gasteiger partial charge >= 0.3 is 0 Å². The van der Waals surface area contributed by atoms with Crippen molar-refractivity contribution in [3.63, 3.8) is 0 Å². The SMILES string of the molecule is CCOC(=C(C)c1cccc(Cl)c1Cl)C(OCC)OCC. The maximum atomic E-state index is 6.29. The van der Waals surface area contributed by atoms with E-state index in [-0.39, 0.29) is 0 Å². The first-order valence-corrected chi connectivity index (χ1v) is 7.83. The van der Waals surface area contributed by atoms with Gasteiger partial charge in [0.25, 0.3) is 0 Å². The average Bonchev–Trinajstić information content (AvgIpc) is 2.47. The molecule has 0 saturated carbocycles. The van der Waals surface area contributed by atoms with Gasteiger partial charge in [0.1, 0.15) is 0 Å². The van der Waals surface area contributed by atoms with Crippen LogP contribution in [-0.2, 0) is 14.2 Å². The highest BCUT2D eigenvalue weighted by atomic mass is 35.5. The molecule has 1 aromatic rings. The lowest BCUT2D eigenvalue weighted by atomic mass is 10.1. The fraction of sp³-hybridized carbons (Fsp3) is 0.500. The van der Waals surface area contributed by atoms with E-state index in [2.05, 4.69) is 0 Å². The van der Waals surface area contributed by atoms with E-state index in [1.165, 1.54) is 0 Å². The molecule has 0 spiro atoms. The van der Waals surface area contributed by atoms with Crippen LogP contribution in [-0.4, -0.2) is 26.1 Å². The van der Waals surface area contributed by atoms with Crippen molar-refractivity contribution in [3.05, 3.63) is 39.6 Å². The Morgan fingerprint density at radius 3 is 2.19 bits per heavy atom. The minimum Gasteiger partial charge on any atom is -0.493 e. The van der Waals surface area contributed by atoms with Crippen LogP contribution in [0.2, 0.25) is 10.0 Å². The van der Waals surface area contributed by atoms with Crippen molar-refractivity contribution in [1.82, 2.24) is 0 Å². The molecular formula is C16H22Cl2O3. The van der Waals surface area contributed by atoms with Gasteiger partial charge in [0.05, 0.1) is 16.7 Å². The Labute approximate surface area is 136 Å². The summed E-state index contributed by atoms with van der Waals surface area (Å²) in [6, 6.07) is 5.51. The standard InChI is InChI=1S/C16H22Cl2O3/c1-5-19-15(16(20-6-2)21-7-3)11(4)12-9-8-10-13(17)14(12)18/h8-10,16H,5-7H2,1-4H3. The molecule has 0 heterocycles. The second-order valence-electron chi connectivity index (χ2n) is 4.27. The second-order valence-corrected chi connectivity index (χ2v) is 5.05. The number of hydrogen-bond donors (Lipinski definition) is 0. The smallest absolute Gasteiger partial charge is 0.216 e. The third-order valence-electron chi connectivity index (χ3n) is 2.88. The van der Waals surface area contributed by atoms with Crippen LogP contribution < -0.4 is 0 Å². The summed E-state index contributed by atoms with van der Waals surface area (Å²) in [4.78, 5) is 0. The molecule has 0 N–H and O–H groups in total. The van der Waals surface area contributed by atoms with Gasteiger partial charge in [-0.25, -0.2) is 0 Å². The molecule has 0 unspecified atom stereocenters. The molecule has 118 valence electrons. The Morgan fingerprint density at radius 1 is 1.05 bits per heavy atom. The Morgan fingerprint density at radius 2 is 1.67 bits per heavy atom. The molecule has 0 atom stereocenters. The van der Waals surface area contributed by atoms with E-state index in [0.29, 0.717) is 35.6 Å². The largest absolute Gasteiger partial charge is 0.493 e. The van der Waals surface area contributed by atoms with Crippen LogP contribution in [0.15, 0.2) is 24.0 Å². The summed E-state index contributed by atoms with van der Waals surface area (Å²) in [6.07, 6.45) is -0.546. The molecule has 5 heteroatoms. The normalized spacial score (nSPS) is 12.5. The van der Waals surface area contributed by atoms with Crippen LogP contribution in [0.3, 0.4) is 0 Å². The van der Waals surface area contributed by atoms with E-state index in [4.69, 9.17) is 37.4 Å². The van der Waals surface area contributed by atoms with Crippen molar-refractivity contribution in [1.29, 1.82) is 0 Å². The summed E-state index contributed by atoms with van der Waals surface area (Å²) in [5, 5.41) is 1.01. The zero-order valence-corrected chi connectivity index (χ0v) is 14.4. The van der Waals surface area contributed by atoms with Crippen molar-refractivity contribution in [2.45, 2.75) is 34.0 Å². The highest BCUT2D eigenvalue weighted by Crippen LogP contribution is 2.33. The van der Waals surface area contributed by atoms with Crippen LogP contribution in [0, 0.1) is 0 Å². The number of benzene rings is 1. The Balaban J connectivity index is 3.29. The predicted molar refractivity (Wildman–Crippen MR) is 87.7 cm³/mol. The van der Waals surface area contributed by atoms with E-state index < -0.39 is 6.29 Å². The summed E-state index contributed by atoms with van der Waals surface area (Å²) < 4.78 is 17.0. The van der Waals surface area contributed by atoms with Crippen molar-refractivity contribution in [2.75, 3.05) is 19.8 Å². The van der Waals surface area contributed by atoms with E-state index in [0.717, 1.165) is 11.1 Å². The fourth-order valence-electron chi connectivity index (χ4n) is 1.94. The van der Waals surface area contributed by atoms with Crippen LogP contribution >= 0.6 is 23.2 Å². The molecule has 0 aliphatic carbocycles. The lowest BCUT2D eigenvalue weighted by Gasteiger charge is -2.23. The van der Waals surface area contributed by atoms with Crippen LogP contribution in [0.5, 0.6) is 0 Å². The molecule has 0 amide bonds. The zero-order chi connectivity index (χ0) is 15.8. The van der Waals surface area contributed by atoms with Crippen molar-refractivity contribution < 1.29 is 14.2 Å². The Kier molecular flexibility index (Phi) is 8.12. The van der Waals surface area contributed by atoms with Crippen molar-refractivity contribution in [3.8, 4) is 0 Å². The second kappa shape index (κ2) is 9.31. The molecule has 0 aliphatic rings. The zero-order valence-electron chi connectivity index (χ0n) is 12.9. The number of hydrogen-bond acceptors (Lipinski definition) is 3. The summed E-state index contributed by atoms with van der Waals surface area (Å²) in [5.74, 6) is 0.630. The van der Waals surface area contributed by atoms with Gasteiger partial charge in [-0.15, -0.1) is 0 Å². The summed E-state index contributed by atoms with van der Waals surface area (Å²) in [7, 11) is 0. The Hall–Kier alpha value is -0.740. The molecule has 0 radical (unpaired) electrons. The maximum Gasteiger partial charge on any atom is 0.216 e. The van der Waals surface area contributed by atoms with Crippen LogP contribution in [0.25, 0.3) is 5.57 Å². The first-order chi connectivity index (χ1) is 10.1. The topological polar surface area (TPSA) is 27.7 Å². The molecule has 0 fully saturated rings. The molecule has 0 saturated heterocycles. The maximum absolute atomic E-state index is 6.29. The van der Waals surface area contributed by atoms with E-state index >= 15 is 0 Å². The van der Waals surface area contributed by atoms with E-state index in [9.17, 15) is 0 Å². The molecule has 0 aromatic heterocycles. The van der Waals surface area contributed by atoms with Gasteiger partial charge in [-0.05, 0) is 33.8 Å². The Bertz CT molecular complexity index is 480. The van der Waals surface area contributed by atoms with Crippen molar-refractivity contribution >= 4 is 28.8 Å². The first-order valence-electron chi connectivity index (χ1n) is 7.07. The van der Waals surface area contributed by atoms with Crippen LogP contribution in [0.4, 0.5) is 0 Å². The molecule has 1 aromatic carbocycles. The molecular weight excluding hydrogens is 311 g/mol. The molecule has 3 nitrogen and oxygen atoms in total. The van der Waals surface area contributed by atoms with Gasteiger partial charge in [-0.2, -0.15) is 0 Å². The van der Waals surface area contributed by atoms with Gasteiger partial charge in [0.15, 0.2) is 5.76 Å². The highest BCUT2D eigenvalue weighted by molar-refractivity contribution is 6.43. The van der Waals surface area contributed by atoms with Gasteiger partial charge in [-0.1, -0.05) is 35.3 Å². The summed E-state index contributed by atoms with van der Waals surface area (Å²) in [6.45, 7) is 9.24. The minimum atomic E-state index is -0.546. The van der Waals surface area contributed by atoms with E-state index in [1.54, 1.807) is 6.07 Å². The van der Waals surface area contributed by atoms with Gasteiger partial charge in [-0.3, -0.25) is 0 Å². The summed E-state index contributed by atoms with van der Waals surface area (Å²) >= 11 is 12.4. The number of allylic oxidation sites excluding steroid dienone is 1. The highest BCUT2D eigenvalue weighted by Gasteiger charge is 2.21. The predicted octanol–water partition coefficient (Wildman–Crippen LogP) is 5.16. The average molecular weight is 333 g/mol. The minimum absolute atomic E-state index is 0.501.